The largest absolute Gasteiger partial charge is 0.399 e. The highest BCUT2D eigenvalue weighted by Crippen LogP contribution is 2.32. The van der Waals surface area contributed by atoms with Crippen LogP contribution >= 0.6 is 0 Å². The third-order valence-corrected chi connectivity index (χ3v) is 4.22. The lowest BCUT2D eigenvalue weighted by Gasteiger charge is -2.27. The van der Waals surface area contributed by atoms with Gasteiger partial charge in [0.1, 0.15) is 0 Å². The molecule has 1 aromatic rings. The fourth-order valence-electron chi connectivity index (χ4n) is 3.16. The first-order chi connectivity index (χ1) is 9.56. The second kappa shape index (κ2) is 6.91. The number of alkyl halides is 2. The Bertz CT molecular complexity index is 434. The Morgan fingerprint density at radius 1 is 1.35 bits per heavy atom. The number of anilines is 2. The van der Waals surface area contributed by atoms with Gasteiger partial charge in [0.2, 0.25) is 0 Å². The van der Waals surface area contributed by atoms with Crippen LogP contribution in [-0.4, -0.2) is 6.54 Å². The summed E-state index contributed by atoms with van der Waals surface area (Å²) in [6.45, 7) is 3.05. The monoisotopic (exact) mass is 282 g/mol. The van der Waals surface area contributed by atoms with Crippen LogP contribution < -0.4 is 11.1 Å². The minimum Gasteiger partial charge on any atom is -0.399 e. The maximum absolute atomic E-state index is 12.9. The number of hydrogen-bond acceptors (Lipinski definition) is 2. The van der Waals surface area contributed by atoms with E-state index in [9.17, 15) is 8.78 Å². The first-order valence-corrected chi connectivity index (χ1v) is 7.47. The molecule has 2 nitrogen and oxygen atoms in total. The molecular formula is C16H24F2N2. The van der Waals surface area contributed by atoms with Crippen molar-refractivity contribution in [3.8, 4) is 0 Å². The predicted octanol–water partition coefficient (Wildman–Crippen LogP) is 4.83. The summed E-state index contributed by atoms with van der Waals surface area (Å²) < 4.78 is 25.9. The average molecular weight is 282 g/mol. The second-order valence-electron chi connectivity index (χ2n) is 6.00. The fourth-order valence-corrected chi connectivity index (χ4v) is 3.16. The van der Waals surface area contributed by atoms with Gasteiger partial charge in [0, 0.05) is 23.5 Å². The molecule has 0 aromatic heterocycles. The Hall–Kier alpha value is -1.32. The van der Waals surface area contributed by atoms with Crippen LogP contribution in [0.5, 0.6) is 0 Å². The van der Waals surface area contributed by atoms with Crippen LogP contribution in [0.4, 0.5) is 20.2 Å². The number of halogens is 2. The fraction of sp³-hybridized carbons (Fsp3) is 0.625. The Labute approximate surface area is 119 Å². The Morgan fingerprint density at radius 2 is 2.15 bits per heavy atom. The quantitative estimate of drug-likeness (QED) is 0.759. The van der Waals surface area contributed by atoms with E-state index in [1.165, 1.54) is 31.7 Å². The minimum absolute atomic E-state index is 0.00186. The van der Waals surface area contributed by atoms with Crippen LogP contribution in [0.3, 0.4) is 0 Å². The van der Waals surface area contributed by atoms with E-state index in [2.05, 4.69) is 12.2 Å². The van der Waals surface area contributed by atoms with Gasteiger partial charge in [0.05, 0.1) is 0 Å². The second-order valence-corrected chi connectivity index (χ2v) is 6.00. The van der Waals surface area contributed by atoms with Crippen molar-refractivity contribution in [2.75, 3.05) is 17.6 Å². The van der Waals surface area contributed by atoms with Gasteiger partial charge in [0.15, 0.2) is 0 Å². The number of nitrogen functional groups attached to an aromatic ring is 1. The number of nitrogens with two attached hydrogens (primary N) is 1. The van der Waals surface area contributed by atoms with Crippen molar-refractivity contribution in [2.45, 2.75) is 45.5 Å². The van der Waals surface area contributed by atoms with Crippen molar-refractivity contribution >= 4 is 11.4 Å². The molecule has 1 aromatic carbocycles. The summed E-state index contributed by atoms with van der Waals surface area (Å²) in [6.07, 6.45) is 3.74. The molecule has 1 saturated carbocycles. The van der Waals surface area contributed by atoms with Gasteiger partial charge < -0.3 is 11.1 Å². The average Bonchev–Trinajstić information content (AvgIpc) is 2.40. The molecule has 3 N–H and O–H groups in total. The van der Waals surface area contributed by atoms with Gasteiger partial charge in [-0.25, -0.2) is 8.78 Å². The molecule has 0 heterocycles. The molecule has 0 aliphatic heterocycles. The van der Waals surface area contributed by atoms with Crippen LogP contribution in [0.1, 0.15) is 51.0 Å². The Morgan fingerprint density at radius 3 is 2.85 bits per heavy atom. The Kier molecular flexibility index (Phi) is 5.21. The van der Waals surface area contributed by atoms with Gasteiger partial charge in [-0.2, -0.15) is 0 Å². The number of nitrogens with one attached hydrogen (secondary N) is 1. The topological polar surface area (TPSA) is 38.0 Å². The highest BCUT2D eigenvalue weighted by Gasteiger charge is 2.19. The predicted molar refractivity (Wildman–Crippen MR) is 80.0 cm³/mol. The molecule has 0 bridgehead atoms. The highest BCUT2D eigenvalue weighted by atomic mass is 19.3. The van der Waals surface area contributed by atoms with Crippen LogP contribution in [0, 0.1) is 11.8 Å². The van der Waals surface area contributed by atoms with Crippen molar-refractivity contribution < 1.29 is 8.78 Å². The molecule has 1 fully saturated rings. The zero-order valence-corrected chi connectivity index (χ0v) is 12.0. The first-order valence-electron chi connectivity index (χ1n) is 7.47. The first kappa shape index (κ1) is 15.1. The lowest BCUT2D eigenvalue weighted by molar-refractivity contribution is 0.152. The standard InChI is InChI=1S/C16H24F2N2/c1-11-3-2-4-12(9-11)7-8-20-15-6-5-13(19)10-14(15)16(17)18/h5-6,10-12,16,20H,2-4,7-9,19H2,1H3. The maximum atomic E-state index is 12.9. The van der Waals surface area contributed by atoms with Gasteiger partial charge >= 0.3 is 0 Å². The summed E-state index contributed by atoms with van der Waals surface area (Å²) in [7, 11) is 0. The maximum Gasteiger partial charge on any atom is 0.265 e. The van der Waals surface area contributed by atoms with Crippen LogP contribution in [-0.2, 0) is 0 Å². The van der Waals surface area contributed by atoms with Gasteiger partial charge in [-0.3, -0.25) is 0 Å². The van der Waals surface area contributed by atoms with E-state index < -0.39 is 6.43 Å². The molecule has 0 saturated heterocycles. The number of benzene rings is 1. The summed E-state index contributed by atoms with van der Waals surface area (Å²) in [5.74, 6) is 1.54. The smallest absolute Gasteiger partial charge is 0.265 e. The normalized spacial score (nSPS) is 23.0. The zero-order chi connectivity index (χ0) is 14.5. The summed E-state index contributed by atoms with van der Waals surface area (Å²) in [5.41, 5.74) is 6.46. The molecule has 2 rings (SSSR count). The molecule has 2 unspecified atom stereocenters. The molecule has 1 aliphatic carbocycles. The molecule has 0 amide bonds. The lowest BCUT2D eigenvalue weighted by atomic mass is 9.81. The van der Waals surface area contributed by atoms with E-state index >= 15 is 0 Å². The molecule has 2 atom stereocenters. The molecule has 0 radical (unpaired) electrons. The van der Waals surface area contributed by atoms with Gasteiger partial charge in [0.25, 0.3) is 6.43 Å². The van der Waals surface area contributed by atoms with Crippen LogP contribution in [0.25, 0.3) is 0 Å². The SMILES string of the molecule is CC1CCCC(CCNc2ccc(N)cc2C(F)F)C1. The van der Waals surface area contributed by atoms with E-state index in [0.717, 1.165) is 24.8 Å². The summed E-state index contributed by atoms with van der Waals surface area (Å²) in [4.78, 5) is 0. The van der Waals surface area contributed by atoms with Crippen molar-refractivity contribution in [3.05, 3.63) is 23.8 Å². The molecular weight excluding hydrogens is 258 g/mol. The van der Waals surface area contributed by atoms with Crippen molar-refractivity contribution in [3.63, 3.8) is 0 Å². The minimum atomic E-state index is -2.49. The molecule has 1 aliphatic rings. The third-order valence-electron chi connectivity index (χ3n) is 4.22. The van der Waals surface area contributed by atoms with E-state index in [0.29, 0.717) is 11.4 Å². The van der Waals surface area contributed by atoms with E-state index in [4.69, 9.17) is 5.73 Å². The van der Waals surface area contributed by atoms with E-state index in [-0.39, 0.29) is 5.56 Å². The van der Waals surface area contributed by atoms with Crippen molar-refractivity contribution in [1.82, 2.24) is 0 Å². The summed E-state index contributed by atoms with van der Waals surface area (Å²) in [5, 5.41) is 3.15. The molecule has 0 spiro atoms. The highest BCUT2D eigenvalue weighted by molar-refractivity contribution is 5.58. The number of rotatable bonds is 5. The van der Waals surface area contributed by atoms with Crippen molar-refractivity contribution in [1.29, 1.82) is 0 Å². The Balaban J connectivity index is 1.87. The van der Waals surface area contributed by atoms with Crippen LogP contribution in [0.15, 0.2) is 18.2 Å². The van der Waals surface area contributed by atoms with Crippen LogP contribution in [0.2, 0.25) is 0 Å². The summed E-state index contributed by atoms with van der Waals surface area (Å²) >= 11 is 0. The van der Waals surface area contributed by atoms with E-state index in [1.807, 2.05) is 0 Å². The van der Waals surface area contributed by atoms with Crippen molar-refractivity contribution in [2.24, 2.45) is 11.8 Å². The lowest BCUT2D eigenvalue weighted by Crippen LogP contribution is -2.17. The van der Waals surface area contributed by atoms with Gasteiger partial charge in [-0.05, 0) is 42.9 Å². The zero-order valence-electron chi connectivity index (χ0n) is 12.0. The van der Waals surface area contributed by atoms with Gasteiger partial charge in [-0.15, -0.1) is 0 Å². The molecule has 4 heteroatoms. The van der Waals surface area contributed by atoms with E-state index in [1.54, 1.807) is 12.1 Å². The van der Waals surface area contributed by atoms with Gasteiger partial charge in [-0.1, -0.05) is 26.2 Å². The number of hydrogen-bond donors (Lipinski definition) is 2. The molecule has 20 heavy (non-hydrogen) atoms. The molecule has 112 valence electrons. The third kappa shape index (κ3) is 4.09. The summed E-state index contributed by atoms with van der Waals surface area (Å²) in [6, 6.07) is 4.67.